The lowest BCUT2D eigenvalue weighted by Crippen LogP contribution is -2.34. The fourth-order valence-electron chi connectivity index (χ4n) is 4.27. The van der Waals surface area contributed by atoms with Crippen LogP contribution in [-0.4, -0.2) is 38.4 Å². The molecule has 1 aliphatic carbocycles. The summed E-state index contributed by atoms with van der Waals surface area (Å²) in [5.74, 6) is 1.62. The molecular weight excluding hydrogens is 420 g/mol. The molecule has 1 atom stereocenters. The molecule has 1 amide bonds. The lowest BCUT2D eigenvalue weighted by atomic mass is 9.87. The number of para-hydroxylation sites is 1. The van der Waals surface area contributed by atoms with E-state index >= 15 is 0 Å². The van der Waals surface area contributed by atoms with E-state index in [0.717, 1.165) is 24.9 Å². The monoisotopic (exact) mass is 444 g/mol. The molecule has 0 aliphatic heterocycles. The number of carbonyl (C=O) groups is 1. The Labute approximate surface area is 191 Å². The summed E-state index contributed by atoms with van der Waals surface area (Å²) in [6.07, 6.45) is 4.79. The van der Waals surface area contributed by atoms with Crippen molar-refractivity contribution in [1.29, 1.82) is 0 Å². The van der Waals surface area contributed by atoms with Crippen LogP contribution in [-0.2, 0) is 11.2 Å². The van der Waals surface area contributed by atoms with Crippen molar-refractivity contribution in [3.63, 3.8) is 0 Å². The number of benzene rings is 2. The maximum absolute atomic E-state index is 13.1. The van der Waals surface area contributed by atoms with Gasteiger partial charge in [0, 0.05) is 12.7 Å². The zero-order valence-corrected chi connectivity index (χ0v) is 18.7. The highest BCUT2D eigenvalue weighted by molar-refractivity contribution is 7.99. The summed E-state index contributed by atoms with van der Waals surface area (Å²) in [6.45, 7) is 0. The van der Waals surface area contributed by atoms with Gasteiger partial charge in [-0.1, -0.05) is 54.2 Å². The number of aromatic nitrogens is 3. The van der Waals surface area contributed by atoms with E-state index in [0.29, 0.717) is 16.7 Å². The summed E-state index contributed by atoms with van der Waals surface area (Å²) in [6, 6.07) is 22.2. The van der Waals surface area contributed by atoms with Gasteiger partial charge in [0.25, 0.3) is 0 Å². The highest BCUT2D eigenvalue weighted by Crippen LogP contribution is 2.34. The maximum Gasteiger partial charge on any atom is 0.233 e. The van der Waals surface area contributed by atoms with E-state index in [1.165, 1.54) is 22.9 Å². The molecule has 1 unspecified atom stereocenters. The van der Waals surface area contributed by atoms with Gasteiger partial charge >= 0.3 is 0 Å². The van der Waals surface area contributed by atoms with Crippen LogP contribution in [0.15, 0.2) is 82.6 Å². The van der Waals surface area contributed by atoms with Gasteiger partial charge < -0.3 is 9.32 Å². The molecule has 2 heterocycles. The van der Waals surface area contributed by atoms with Crippen LogP contribution >= 0.6 is 11.8 Å². The van der Waals surface area contributed by atoms with Gasteiger partial charge in [-0.25, -0.2) is 0 Å². The summed E-state index contributed by atoms with van der Waals surface area (Å²) in [5.41, 5.74) is 3.54. The van der Waals surface area contributed by atoms with Crippen molar-refractivity contribution >= 4 is 17.7 Å². The Morgan fingerprint density at radius 3 is 2.72 bits per heavy atom. The first kappa shape index (κ1) is 20.6. The van der Waals surface area contributed by atoms with Gasteiger partial charge in [-0.15, -0.1) is 10.2 Å². The number of rotatable bonds is 6. The van der Waals surface area contributed by atoms with Crippen LogP contribution in [0.2, 0.25) is 0 Å². The van der Waals surface area contributed by atoms with Crippen molar-refractivity contribution in [2.24, 2.45) is 0 Å². The standard InChI is InChI=1S/C25H24N4O2S/c1-28(21-14-7-10-18-9-5-6-13-20(18)21)23(30)17-32-25-27-26-24(22-15-8-16-31-22)29(25)19-11-3-2-4-12-19/h2-6,8-9,11-13,15-16,21H,7,10,14,17H2,1H3. The average molecular weight is 445 g/mol. The molecule has 0 bridgehead atoms. The minimum atomic E-state index is 0.0823. The molecule has 162 valence electrons. The third-order valence-corrected chi connectivity index (χ3v) is 6.83. The van der Waals surface area contributed by atoms with Crippen molar-refractivity contribution in [3.8, 4) is 17.3 Å². The zero-order chi connectivity index (χ0) is 21.9. The number of hydrogen-bond acceptors (Lipinski definition) is 5. The fraction of sp³-hybridized carbons (Fsp3) is 0.240. The van der Waals surface area contributed by atoms with E-state index < -0.39 is 0 Å². The van der Waals surface area contributed by atoms with Gasteiger partial charge in [0.2, 0.25) is 11.7 Å². The number of carbonyl (C=O) groups excluding carboxylic acids is 1. The zero-order valence-electron chi connectivity index (χ0n) is 17.8. The number of fused-ring (bicyclic) bond motifs is 1. The van der Waals surface area contributed by atoms with Gasteiger partial charge in [-0.3, -0.25) is 9.36 Å². The van der Waals surface area contributed by atoms with E-state index in [1.807, 2.05) is 59.0 Å². The molecule has 2 aromatic heterocycles. The maximum atomic E-state index is 13.1. The number of nitrogens with zero attached hydrogens (tertiary/aromatic N) is 4. The predicted molar refractivity (Wildman–Crippen MR) is 125 cm³/mol. The Morgan fingerprint density at radius 1 is 1.09 bits per heavy atom. The van der Waals surface area contributed by atoms with E-state index in [9.17, 15) is 4.79 Å². The second kappa shape index (κ2) is 9.04. The Balaban J connectivity index is 1.37. The summed E-state index contributed by atoms with van der Waals surface area (Å²) < 4.78 is 7.50. The lowest BCUT2D eigenvalue weighted by Gasteiger charge is -2.33. The molecule has 1 aliphatic rings. The molecular formula is C25H24N4O2S. The highest BCUT2D eigenvalue weighted by atomic mass is 32.2. The van der Waals surface area contributed by atoms with Crippen molar-refractivity contribution in [3.05, 3.63) is 84.1 Å². The minimum Gasteiger partial charge on any atom is -0.461 e. The lowest BCUT2D eigenvalue weighted by molar-refractivity contribution is -0.129. The topological polar surface area (TPSA) is 64.2 Å². The summed E-state index contributed by atoms with van der Waals surface area (Å²) in [4.78, 5) is 15.0. The van der Waals surface area contributed by atoms with E-state index in [2.05, 4.69) is 34.5 Å². The van der Waals surface area contributed by atoms with Crippen LogP contribution in [0.5, 0.6) is 0 Å². The fourth-order valence-corrected chi connectivity index (χ4v) is 5.15. The Kier molecular flexibility index (Phi) is 5.81. The van der Waals surface area contributed by atoms with Crippen molar-refractivity contribution in [1.82, 2.24) is 19.7 Å². The summed E-state index contributed by atoms with van der Waals surface area (Å²) in [5, 5.41) is 9.38. The molecule has 4 aromatic rings. The molecule has 6 nitrogen and oxygen atoms in total. The number of amides is 1. The first-order valence-corrected chi connectivity index (χ1v) is 11.7. The number of aryl methyl sites for hydroxylation is 1. The van der Waals surface area contributed by atoms with E-state index in [1.54, 1.807) is 6.26 Å². The summed E-state index contributed by atoms with van der Waals surface area (Å²) in [7, 11) is 1.91. The number of thioether (sulfide) groups is 1. The molecule has 0 radical (unpaired) electrons. The Morgan fingerprint density at radius 2 is 1.91 bits per heavy atom. The predicted octanol–water partition coefficient (Wildman–Crippen LogP) is 5.16. The third-order valence-electron chi connectivity index (χ3n) is 5.91. The minimum absolute atomic E-state index is 0.0823. The second-order valence-electron chi connectivity index (χ2n) is 7.85. The third kappa shape index (κ3) is 3.96. The molecule has 5 rings (SSSR count). The second-order valence-corrected chi connectivity index (χ2v) is 8.80. The largest absolute Gasteiger partial charge is 0.461 e. The Bertz CT molecular complexity index is 1200. The van der Waals surface area contributed by atoms with Crippen molar-refractivity contribution in [2.45, 2.75) is 30.5 Å². The van der Waals surface area contributed by atoms with Crippen molar-refractivity contribution in [2.75, 3.05) is 12.8 Å². The smallest absolute Gasteiger partial charge is 0.233 e. The molecule has 0 fully saturated rings. The number of hydrogen-bond donors (Lipinski definition) is 0. The first-order valence-electron chi connectivity index (χ1n) is 10.7. The molecule has 32 heavy (non-hydrogen) atoms. The van der Waals surface area contributed by atoms with Crippen LogP contribution < -0.4 is 0 Å². The first-order chi connectivity index (χ1) is 15.7. The van der Waals surface area contributed by atoms with Gasteiger partial charge in [-0.2, -0.15) is 0 Å². The van der Waals surface area contributed by atoms with Gasteiger partial charge in [0.05, 0.1) is 18.1 Å². The molecule has 7 heteroatoms. The van der Waals surface area contributed by atoms with E-state index in [4.69, 9.17) is 4.42 Å². The van der Waals surface area contributed by atoms with Gasteiger partial charge in [-0.05, 0) is 54.7 Å². The molecule has 0 saturated carbocycles. The van der Waals surface area contributed by atoms with Crippen LogP contribution in [0.4, 0.5) is 0 Å². The van der Waals surface area contributed by atoms with Crippen LogP contribution in [0.25, 0.3) is 17.3 Å². The van der Waals surface area contributed by atoms with Crippen LogP contribution in [0.1, 0.15) is 30.0 Å². The highest BCUT2D eigenvalue weighted by Gasteiger charge is 2.27. The number of furan rings is 1. The van der Waals surface area contributed by atoms with Gasteiger partial charge in [0.1, 0.15) is 0 Å². The molecule has 0 saturated heterocycles. The van der Waals surface area contributed by atoms with E-state index in [-0.39, 0.29) is 17.7 Å². The normalized spacial score (nSPS) is 15.3. The molecule has 0 N–H and O–H groups in total. The summed E-state index contributed by atoms with van der Waals surface area (Å²) >= 11 is 1.40. The van der Waals surface area contributed by atoms with Crippen LogP contribution in [0, 0.1) is 0 Å². The van der Waals surface area contributed by atoms with Gasteiger partial charge in [0.15, 0.2) is 10.9 Å². The average Bonchev–Trinajstić information content (AvgIpc) is 3.52. The molecule has 0 spiro atoms. The molecule has 2 aromatic carbocycles. The van der Waals surface area contributed by atoms with Crippen LogP contribution in [0.3, 0.4) is 0 Å². The van der Waals surface area contributed by atoms with Crippen molar-refractivity contribution < 1.29 is 9.21 Å². The quantitative estimate of drug-likeness (QED) is 0.385. The Hall–Kier alpha value is -3.32. The SMILES string of the molecule is CN(C(=O)CSc1nnc(-c2ccco2)n1-c1ccccc1)C1CCCc2ccccc21.